The van der Waals surface area contributed by atoms with Crippen molar-refractivity contribution in [2.45, 2.75) is 0 Å². The molecular weight excluding hydrogens is 544 g/mol. The number of benzene rings is 9. The third-order valence-corrected chi connectivity index (χ3v) is 9.57. The van der Waals surface area contributed by atoms with Crippen LogP contribution in [0.15, 0.2) is 158 Å². The van der Waals surface area contributed by atoms with Crippen LogP contribution in [0.4, 0.5) is 0 Å². The summed E-state index contributed by atoms with van der Waals surface area (Å²) < 4.78 is 6.56. The molecule has 45 heavy (non-hydrogen) atoms. The van der Waals surface area contributed by atoms with Crippen LogP contribution in [0.1, 0.15) is 0 Å². The van der Waals surface area contributed by atoms with Crippen LogP contribution in [-0.4, -0.2) is 0 Å². The summed E-state index contributed by atoms with van der Waals surface area (Å²) in [6.07, 6.45) is 0. The van der Waals surface area contributed by atoms with E-state index < -0.39 is 0 Å². The Balaban J connectivity index is 1.27. The molecule has 9 aromatic carbocycles. The number of rotatable bonds is 3. The van der Waals surface area contributed by atoms with Gasteiger partial charge >= 0.3 is 0 Å². The van der Waals surface area contributed by atoms with Gasteiger partial charge in [0.15, 0.2) is 0 Å². The van der Waals surface area contributed by atoms with Gasteiger partial charge in [0.25, 0.3) is 0 Å². The van der Waals surface area contributed by atoms with Gasteiger partial charge < -0.3 is 4.74 Å². The molecule has 1 heterocycles. The van der Waals surface area contributed by atoms with Gasteiger partial charge in [0, 0.05) is 10.9 Å². The van der Waals surface area contributed by atoms with Crippen molar-refractivity contribution in [3.8, 4) is 56.0 Å². The summed E-state index contributed by atoms with van der Waals surface area (Å²) in [5.41, 5.74) is 9.56. The van der Waals surface area contributed by atoms with Crippen molar-refractivity contribution < 1.29 is 4.74 Å². The van der Waals surface area contributed by atoms with Crippen LogP contribution in [0.2, 0.25) is 0 Å². The van der Waals surface area contributed by atoms with Crippen molar-refractivity contribution in [3.63, 3.8) is 0 Å². The Morgan fingerprint density at radius 2 is 0.889 bits per heavy atom. The van der Waals surface area contributed by atoms with Crippen molar-refractivity contribution in [1.29, 1.82) is 0 Å². The molecule has 0 aliphatic carbocycles. The lowest BCUT2D eigenvalue weighted by atomic mass is 9.85. The minimum atomic E-state index is 0.896. The largest absolute Gasteiger partial charge is 0.456 e. The molecule has 0 radical (unpaired) electrons. The maximum atomic E-state index is 6.56. The molecule has 0 fully saturated rings. The van der Waals surface area contributed by atoms with E-state index in [-0.39, 0.29) is 0 Å². The van der Waals surface area contributed by atoms with Crippen molar-refractivity contribution >= 4 is 43.1 Å². The highest BCUT2D eigenvalue weighted by Crippen LogP contribution is 2.51. The van der Waals surface area contributed by atoms with Crippen LogP contribution in [0.5, 0.6) is 11.5 Å². The van der Waals surface area contributed by atoms with Gasteiger partial charge in [-0.2, -0.15) is 0 Å². The van der Waals surface area contributed by atoms with E-state index in [1.165, 1.54) is 82.0 Å². The lowest BCUT2D eigenvalue weighted by Gasteiger charge is -2.24. The normalized spacial score (nSPS) is 12.2. The van der Waals surface area contributed by atoms with Crippen molar-refractivity contribution in [2.24, 2.45) is 0 Å². The Morgan fingerprint density at radius 1 is 0.311 bits per heavy atom. The molecule has 0 amide bonds. The average Bonchev–Trinajstić information content (AvgIpc) is 3.11. The van der Waals surface area contributed by atoms with Crippen LogP contribution in [-0.2, 0) is 0 Å². The van der Waals surface area contributed by atoms with E-state index in [9.17, 15) is 0 Å². The topological polar surface area (TPSA) is 9.23 Å². The van der Waals surface area contributed by atoms with E-state index in [0.29, 0.717) is 0 Å². The first-order valence-corrected chi connectivity index (χ1v) is 15.5. The SMILES string of the molecule is c1ccc(-c2cc(-c3cccc4c3-c3cccc5cccc(c35)O4)cc(-c3ccc4ccc5cccc6ccc3c4c56)c2)cc1. The van der Waals surface area contributed by atoms with Gasteiger partial charge in [-0.15, -0.1) is 0 Å². The van der Waals surface area contributed by atoms with E-state index in [1.54, 1.807) is 0 Å². The Labute approximate surface area is 260 Å². The minimum Gasteiger partial charge on any atom is -0.456 e. The highest BCUT2D eigenvalue weighted by Gasteiger charge is 2.24. The maximum Gasteiger partial charge on any atom is 0.135 e. The second-order valence-electron chi connectivity index (χ2n) is 12.1. The number of ether oxygens (including phenoxy) is 1. The van der Waals surface area contributed by atoms with Gasteiger partial charge in [0.05, 0.1) is 0 Å². The molecule has 1 aliphatic heterocycles. The number of hydrogen-bond acceptors (Lipinski definition) is 1. The average molecular weight is 571 g/mol. The zero-order valence-electron chi connectivity index (χ0n) is 24.4. The summed E-state index contributed by atoms with van der Waals surface area (Å²) in [6, 6.07) is 57.4. The Hall–Kier alpha value is -5.92. The van der Waals surface area contributed by atoms with Gasteiger partial charge in [0.1, 0.15) is 11.5 Å². The standard InChI is InChI=1S/C44H26O/c1-2-8-27(9-3-1)32-24-33(35-22-20-31-19-18-29-10-4-11-30-21-23-37(35)43(31)41(29)30)26-34(25-32)36-14-7-17-40-44(36)38-15-5-12-28-13-6-16-39(45-40)42(28)38/h1-26H. The van der Waals surface area contributed by atoms with Gasteiger partial charge in [-0.1, -0.05) is 127 Å². The number of hydrogen-bond donors (Lipinski definition) is 0. The van der Waals surface area contributed by atoms with Crippen LogP contribution < -0.4 is 4.74 Å². The highest BCUT2D eigenvalue weighted by atomic mass is 16.5. The second kappa shape index (κ2) is 9.29. The third kappa shape index (κ3) is 3.62. The lowest BCUT2D eigenvalue weighted by Crippen LogP contribution is -1.99. The zero-order chi connectivity index (χ0) is 29.5. The summed E-state index contributed by atoms with van der Waals surface area (Å²) in [6.45, 7) is 0. The molecule has 10 rings (SSSR count). The molecule has 0 aromatic heterocycles. The molecule has 208 valence electrons. The summed E-state index contributed by atoms with van der Waals surface area (Å²) in [4.78, 5) is 0. The van der Waals surface area contributed by atoms with Gasteiger partial charge in [-0.3, -0.25) is 0 Å². The Kier molecular flexibility index (Phi) is 5.06. The minimum absolute atomic E-state index is 0.896. The van der Waals surface area contributed by atoms with Gasteiger partial charge in [0.2, 0.25) is 0 Å². The predicted molar refractivity (Wildman–Crippen MR) is 189 cm³/mol. The first-order chi connectivity index (χ1) is 22.3. The van der Waals surface area contributed by atoms with Crippen LogP contribution in [0.3, 0.4) is 0 Å². The quantitative estimate of drug-likeness (QED) is 0.192. The van der Waals surface area contributed by atoms with Crippen molar-refractivity contribution in [1.82, 2.24) is 0 Å². The molecule has 0 bridgehead atoms. The molecular formula is C44H26O. The first kappa shape index (κ1) is 24.5. The fourth-order valence-electron chi connectivity index (χ4n) is 7.58. The van der Waals surface area contributed by atoms with Crippen LogP contribution in [0, 0.1) is 0 Å². The molecule has 1 nitrogen and oxygen atoms in total. The number of fused-ring (bicyclic) bond motifs is 2. The molecule has 0 atom stereocenters. The van der Waals surface area contributed by atoms with E-state index in [2.05, 4.69) is 158 Å². The van der Waals surface area contributed by atoms with E-state index >= 15 is 0 Å². The summed E-state index contributed by atoms with van der Waals surface area (Å²) >= 11 is 0. The maximum absolute atomic E-state index is 6.56. The first-order valence-electron chi connectivity index (χ1n) is 15.5. The van der Waals surface area contributed by atoms with Crippen LogP contribution in [0.25, 0.3) is 87.6 Å². The fraction of sp³-hybridized carbons (Fsp3) is 0. The second-order valence-corrected chi connectivity index (χ2v) is 12.1. The van der Waals surface area contributed by atoms with Crippen molar-refractivity contribution in [2.75, 3.05) is 0 Å². The Morgan fingerprint density at radius 3 is 1.71 bits per heavy atom. The molecule has 0 spiro atoms. The molecule has 1 aliphatic rings. The third-order valence-electron chi connectivity index (χ3n) is 9.57. The molecule has 1 heteroatoms. The molecule has 0 N–H and O–H groups in total. The van der Waals surface area contributed by atoms with Gasteiger partial charge in [-0.05, 0) is 107 Å². The van der Waals surface area contributed by atoms with E-state index in [1.807, 2.05) is 0 Å². The summed E-state index contributed by atoms with van der Waals surface area (Å²) in [5, 5.41) is 10.2. The Bertz CT molecular complexity index is 2590. The monoisotopic (exact) mass is 570 g/mol. The van der Waals surface area contributed by atoms with Crippen LogP contribution >= 0.6 is 0 Å². The molecule has 0 saturated carbocycles. The molecule has 0 unspecified atom stereocenters. The fourth-order valence-corrected chi connectivity index (χ4v) is 7.58. The van der Waals surface area contributed by atoms with E-state index in [0.717, 1.165) is 17.1 Å². The van der Waals surface area contributed by atoms with Crippen molar-refractivity contribution in [3.05, 3.63) is 158 Å². The highest BCUT2D eigenvalue weighted by molar-refractivity contribution is 6.25. The molecule has 9 aromatic rings. The summed E-state index contributed by atoms with van der Waals surface area (Å²) in [5.74, 6) is 1.81. The lowest BCUT2D eigenvalue weighted by molar-refractivity contribution is 0.487. The van der Waals surface area contributed by atoms with E-state index in [4.69, 9.17) is 4.74 Å². The van der Waals surface area contributed by atoms with Gasteiger partial charge in [-0.25, -0.2) is 0 Å². The zero-order valence-corrected chi connectivity index (χ0v) is 24.4. The smallest absolute Gasteiger partial charge is 0.135 e. The summed E-state index contributed by atoms with van der Waals surface area (Å²) in [7, 11) is 0. The molecule has 0 saturated heterocycles. The predicted octanol–water partition coefficient (Wildman–Crippen LogP) is 12.5.